The van der Waals surface area contributed by atoms with E-state index < -0.39 is 9.84 Å². The molecule has 0 aromatic heterocycles. The van der Waals surface area contributed by atoms with Gasteiger partial charge >= 0.3 is 0 Å². The van der Waals surface area contributed by atoms with E-state index in [0.717, 1.165) is 19.5 Å². The molecule has 0 amide bonds. The number of rotatable bonds is 5. The monoisotopic (exact) mass is 302 g/mol. The Labute approximate surface area is 124 Å². The third-order valence-electron chi connectivity index (χ3n) is 5.15. The van der Waals surface area contributed by atoms with E-state index in [4.69, 9.17) is 0 Å². The van der Waals surface area contributed by atoms with E-state index in [1.807, 2.05) is 0 Å². The maximum Gasteiger partial charge on any atom is 0.153 e. The molecule has 0 aromatic carbocycles. The predicted molar refractivity (Wildman–Crippen MR) is 83.8 cm³/mol. The van der Waals surface area contributed by atoms with Gasteiger partial charge in [0.2, 0.25) is 0 Å². The highest BCUT2D eigenvalue weighted by atomic mass is 32.2. The first kappa shape index (κ1) is 16.2. The van der Waals surface area contributed by atoms with Crippen LogP contribution < -0.4 is 5.32 Å². The van der Waals surface area contributed by atoms with Gasteiger partial charge in [-0.3, -0.25) is 4.90 Å². The molecule has 0 bridgehead atoms. The van der Waals surface area contributed by atoms with E-state index in [1.165, 1.54) is 25.7 Å². The number of nitrogens with one attached hydrogen (secondary N) is 1. The van der Waals surface area contributed by atoms with Crippen molar-refractivity contribution in [3.05, 3.63) is 0 Å². The van der Waals surface area contributed by atoms with Gasteiger partial charge in [0.25, 0.3) is 0 Å². The molecule has 1 heterocycles. The SMILES string of the molecule is CCC1CNC2(CCCC2)CN1CCS(=O)(=O)C(C)C. The van der Waals surface area contributed by atoms with Gasteiger partial charge in [-0.25, -0.2) is 8.42 Å². The summed E-state index contributed by atoms with van der Waals surface area (Å²) in [5.74, 6) is 0.303. The molecule has 1 aliphatic carbocycles. The molecule has 1 saturated carbocycles. The zero-order chi connectivity index (χ0) is 14.8. The molecule has 0 radical (unpaired) electrons. The van der Waals surface area contributed by atoms with E-state index in [-0.39, 0.29) is 10.8 Å². The molecular formula is C15H30N2O2S. The Hall–Kier alpha value is -0.130. The summed E-state index contributed by atoms with van der Waals surface area (Å²) < 4.78 is 24.1. The fourth-order valence-corrected chi connectivity index (χ4v) is 4.53. The van der Waals surface area contributed by atoms with Crippen LogP contribution in [0.25, 0.3) is 0 Å². The molecular weight excluding hydrogens is 272 g/mol. The van der Waals surface area contributed by atoms with Crippen molar-refractivity contribution in [2.75, 3.05) is 25.4 Å². The Morgan fingerprint density at radius 1 is 1.30 bits per heavy atom. The van der Waals surface area contributed by atoms with Crippen LogP contribution in [0, 0.1) is 0 Å². The van der Waals surface area contributed by atoms with Crippen LogP contribution >= 0.6 is 0 Å². The summed E-state index contributed by atoms with van der Waals surface area (Å²) in [5.41, 5.74) is 0.271. The fraction of sp³-hybridized carbons (Fsp3) is 1.00. The number of sulfone groups is 1. The molecule has 4 nitrogen and oxygen atoms in total. The van der Waals surface area contributed by atoms with Gasteiger partial charge in [0.15, 0.2) is 9.84 Å². The molecule has 5 heteroatoms. The number of hydrogen-bond donors (Lipinski definition) is 1. The quantitative estimate of drug-likeness (QED) is 0.841. The zero-order valence-electron chi connectivity index (χ0n) is 13.2. The van der Waals surface area contributed by atoms with Gasteiger partial charge in [-0.1, -0.05) is 19.8 Å². The largest absolute Gasteiger partial charge is 0.308 e. The lowest BCUT2D eigenvalue weighted by atomic mass is 9.92. The van der Waals surface area contributed by atoms with Gasteiger partial charge in [-0.15, -0.1) is 0 Å². The Bertz CT molecular complexity index is 414. The second kappa shape index (κ2) is 6.32. The lowest BCUT2D eigenvalue weighted by molar-refractivity contribution is 0.0840. The summed E-state index contributed by atoms with van der Waals surface area (Å²) in [5, 5.41) is 3.50. The maximum absolute atomic E-state index is 12.0. The smallest absolute Gasteiger partial charge is 0.153 e. The maximum atomic E-state index is 12.0. The fourth-order valence-electron chi connectivity index (χ4n) is 3.57. The van der Waals surface area contributed by atoms with E-state index in [0.29, 0.717) is 18.3 Å². The van der Waals surface area contributed by atoms with Gasteiger partial charge in [0, 0.05) is 31.2 Å². The van der Waals surface area contributed by atoms with Crippen LogP contribution in [0.3, 0.4) is 0 Å². The minimum Gasteiger partial charge on any atom is -0.308 e. The minimum atomic E-state index is -2.93. The average Bonchev–Trinajstić information content (AvgIpc) is 2.85. The molecule has 1 atom stereocenters. The number of piperazine rings is 1. The molecule has 2 rings (SSSR count). The lowest BCUT2D eigenvalue weighted by Crippen LogP contribution is -2.63. The summed E-state index contributed by atoms with van der Waals surface area (Å²) in [6.07, 6.45) is 6.20. The first-order chi connectivity index (χ1) is 9.38. The van der Waals surface area contributed by atoms with Gasteiger partial charge < -0.3 is 5.32 Å². The lowest BCUT2D eigenvalue weighted by Gasteiger charge is -2.46. The first-order valence-electron chi connectivity index (χ1n) is 8.09. The summed E-state index contributed by atoms with van der Waals surface area (Å²) in [4.78, 5) is 2.43. The molecule has 2 aliphatic rings. The zero-order valence-corrected chi connectivity index (χ0v) is 14.0. The summed E-state index contributed by atoms with van der Waals surface area (Å²) in [7, 11) is -2.93. The van der Waals surface area contributed by atoms with E-state index >= 15 is 0 Å². The van der Waals surface area contributed by atoms with Crippen molar-refractivity contribution in [3.63, 3.8) is 0 Å². The van der Waals surface area contributed by atoms with Crippen molar-refractivity contribution in [3.8, 4) is 0 Å². The Balaban J connectivity index is 1.99. The number of hydrogen-bond acceptors (Lipinski definition) is 4. The Morgan fingerprint density at radius 2 is 1.95 bits per heavy atom. The Morgan fingerprint density at radius 3 is 2.50 bits per heavy atom. The topological polar surface area (TPSA) is 49.4 Å². The Kier molecular flexibility index (Phi) is 5.14. The normalized spacial score (nSPS) is 27.5. The number of nitrogens with zero attached hydrogens (tertiary/aromatic N) is 1. The molecule has 1 N–H and O–H groups in total. The van der Waals surface area contributed by atoms with Crippen molar-refractivity contribution in [2.24, 2.45) is 0 Å². The molecule has 1 saturated heterocycles. The molecule has 2 fully saturated rings. The van der Waals surface area contributed by atoms with Crippen LogP contribution in [0.5, 0.6) is 0 Å². The van der Waals surface area contributed by atoms with Gasteiger partial charge in [-0.05, 0) is 33.1 Å². The second-order valence-corrected chi connectivity index (χ2v) is 9.49. The summed E-state index contributed by atoms with van der Waals surface area (Å²) in [6, 6.07) is 0.489. The second-order valence-electron chi connectivity index (χ2n) is 6.82. The third kappa shape index (κ3) is 3.55. The van der Waals surface area contributed by atoms with Crippen LogP contribution in [-0.4, -0.2) is 55.5 Å². The molecule has 0 aromatic rings. The molecule has 1 aliphatic heterocycles. The van der Waals surface area contributed by atoms with Gasteiger partial charge in [0.1, 0.15) is 0 Å². The standard InChI is InChI=1S/C15H30N2O2S/c1-4-14-11-16-15(7-5-6-8-15)12-17(14)9-10-20(18,19)13(2)3/h13-14,16H,4-12H2,1-3H3. The van der Waals surface area contributed by atoms with Crippen molar-refractivity contribution in [1.29, 1.82) is 0 Å². The highest BCUT2D eigenvalue weighted by Gasteiger charge is 2.40. The van der Waals surface area contributed by atoms with E-state index in [1.54, 1.807) is 13.8 Å². The highest BCUT2D eigenvalue weighted by molar-refractivity contribution is 7.92. The molecule has 20 heavy (non-hydrogen) atoms. The van der Waals surface area contributed by atoms with E-state index in [9.17, 15) is 8.42 Å². The van der Waals surface area contributed by atoms with Crippen LogP contribution in [0.4, 0.5) is 0 Å². The van der Waals surface area contributed by atoms with Crippen LogP contribution in [-0.2, 0) is 9.84 Å². The first-order valence-corrected chi connectivity index (χ1v) is 9.81. The molecule has 118 valence electrons. The summed E-state index contributed by atoms with van der Waals surface area (Å²) in [6.45, 7) is 8.49. The van der Waals surface area contributed by atoms with Crippen molar-refractivity contribution in [2.45, 2.75) is 69.7 Å². The van der Waals surface area contributed by atoms with Crippen molar-refractivity contribution >= 4 is 9.84 Å². The van der Waals surface area contributed by atoms with Gasteiger partial charge in [-0.2, -0.15) is 0 Å². The average molecular weight is 302 g/mol. The highest BCUT2D eigenvalue weighted by Crippen LogP contribution is 2.33. The summed E-state index contributed by atoms with van der Waals surface area (Å²) >= 11 is 0. The molecule has 1 unspecified atom stereocenters. The third-order valence-corrected chi connectivity index (χ3v) is 7.34. The van der Waals surface area contributed by atoms with Crippen LogP contribution in [0.15, 0.2) is 0 Å². The van der Waals surface area contributed by atoms with E-state index in [2.05, 4.69) is 17.1 Å². The predicted octanol–water partition coefficient (Wildman–Crippen LogP) is 1.81. The van der Waals surface area contributed by atoms with Crippen molar-refractivity contribution in [1.82, 2.24) is 10.2 Å². The molecule has 1 spiro atoms. The minimum absolute atomic E-state index is 0.258. The van der Waals surface area contributed by atoms with Crippen molar-refractivity contribution < 1.29 is 8.42 Å². The van der Waals surface area contributed by atoms with Gasteiger partial charge in [0.05, 0.1) is 11.0 Å². The van der Waals surface area contributed by atoms with Crippen LogP contribution in [0.1, 0.15) is 52.9 Å². The van der Waals surface area contributed by atoms with Crippen LogP contribution in [0.2, 0.25) is 0 Å².